The van der Waals surface area contributed by atoms with Crippen LogP contribution in [0.1, 0.15) is 33.1 Å². The fourth-order valence-electron chi connectivity index (χ4n) is 2.04. The van der Waals surface area contributed by atoms with Crippen LogP contribution in [0, 0.1) is 0 Å². The molecule has 4 N–H and O–H groups in total. The number of aliphatic hydroxyl groups excluding tert-OH is 1. The van der Waals surface area contributed by atoms with E-state index in [2.05, 4.69) is 10.6 Å². The number of carboxylic acid groups (broad SMARTS) is 1. The summed E-state index contributed by atoms with van der Waals surface area (Å²) in [5, 5.41) is 22.9. The molecule has 2 amide bonds. The Morgan fingerprint density at radius 1 is 1.47 bits per heavy atom. The first-order valence-corrected chi connectivity index (χ1v) is 6.39. The van der Waals surface area contributed by atoms with Crippen molar-refractivity contribution in [2.75, 3.05) is 13.2 Å². The van der Waals surface area contributed by atoms with Crippen molar-refractivity contribution in [3.8, 4) is 0 Å². The molecule has 110 valence electrons. The van der Waals surface area contributed by atoms with Crippen molar-refractivity contribution in [3.63, 3.8) is 0 Å². The number of rotatable bonds is 5. The largest absolute Gasteiger partial charge is 0.479 e. The highest BCUT2D eigenvalue weighted by Crippen LogP contribution is 2.23. The molecule has 1 rings (SSSR count). The standard InChI is InChI=1S/C12H22N2O5/c1-12(2)7-8(4-6-19-12)14-11(18)13-5-3-9(15)10(16)17/h8-9,15H,3-7H2,1-2H3,(H,16,17)(H2,13,14,18). The third-order valence-electron chi connectivity index (χ3n) is 3.02. The van der Waals surface area contributed by atoms with Gasteiger partial charge in [0, 0.05) is 25.6 Å². The van der Waals surface area contributed by atoms with Crippen LogP contribution >= 0.6 is 0 Å². The number of aliphatic carboxylic acids is 1. The van der Waals surface area contributed by atoms with Gasteiger partial charge in [0.2, 0.25) is 0 Å². The minimum absolute atomic E-state index is 0.0119. The van der Waals surface area contributed by atoms with Crippen LogP contribution in [-0.2, 0) is 9.53 Å². The molecular formula is C12H22N2O5. The van der Waals surface area contributed by atoms with E-state index in [9.17, 15) is 9.59 Å². The Balaban J connectivity index is 2.22. The normalized spacial score (nSPS) is 23.4. The molecular weight excluding hydrogens is 252 g/mol. The maximum absolute atomic E-state index is 11.6. The summed E-state index contributed by atoms with van der Waals surface area (Å²) in [7, 11) is 0. The van der Waals surface area contributed by atoms with Crippen LogP contribution < -0.4 is 10.6 Å². The van der Waals surface area contributed by atoms with Crippen molar-refractivity contribution in [1.29, 1.82) is 0 Å². The predicted molar refractivity (Wildman–Crippen MR) is 67.8 cm³/mol. The van der Waals surface area contributed by atoms with Gasteiger partial charge in [-0.1, -0.05) is 0 Å². The minimum Gasteiger partial charge on any atom is -0.479 e. The Morgan fingerprint density at radius 2 is 2.16 bits per heavy atom. The molecule has 2 unspecified atom stereocenters. The molecule has 2 atom stereocenters. The highest BCUT2D eigenvalue weighted by atomic mass is 16.5. The molecule has 0 radical (unpaired) electrons. The maximum Gasteiger partial charge on any atom is 0.332 e. The number of carbonyl (C=O) groups is 2. The van der Waals surface area contributed by atoms with Gasteiger partial charge in [-0.3, -0.25) is 0 Å². The molecule has 0 aromatic carbocycles. The Bertz CT molecular complexity index is 332. The molecule has 0 saturated carbocycles. The predicted octanol–water partition coefficient (Wildman–Crippen LogP) is 0.0788. The quantitative estimate of drug-likeness (QED) is 0.568. The number of hydrogen-bond donors (Lipinski definition) is 4. The summed E-state index contributed by atoms with van der Waals surface area (Å²) >= 11 is 0. The minimum atomic E-state index is -1.44. The number of aliphatic hydroxyl groups is 1. The van der Waals surface area contributed by atoms with Gasteiger partial charge in [0.25, 0.3) is 0 Å². The van der Waals surface area contributed by atoms with Crippen LogP contribution in [0.3, 0.4) is 0 Å². The number of urea groups is 1. The lowest BCUT2D eigenvalue weighted by atomic mass is 9.94. The van der Waals surface area contributed by atoms with Gasteiger partial charge in [0.1, 0.15) is 0 Å². The summed E-state index contributed by atoms with van der Waals surface area (Å²) in [4.78, 5) is 22.0. The third kappa shape index (κ3) is 5.89. The SMILES string of the molecule is CC1(C)CC(NC(=O)NCCC(O)C(=O)O)CCO1. The first-order valence-electron chi connectivity index (χ1n) is 6.39. The molecule has 1 fully saturated rings. The Morgan fingerprint density at radius 3 is 2.74 bits per heavy atom. The zero-order valence-electron chi connectivity index (χ0n) is 11.3. The Labute approximate surface area is 112 Å². The molecule has 1 aliphatic heterocycles. The maximum atomic E-state index is 11.6. The smallest absolute Gasteiger partial charge is 0.332 e. The van der Waals surface area contributed by atoms with Crippen molar-refractivity contribution in [2.45, 2.75) is 50.9 Å². The van der Waals surface area contributed by atoms with Gasteiger partial charge in [-0.15, -0.1) is 0 Å². The van der Waals surface area contributed by atoms with E-state index in [1.54, 1.807) is 0 Å². The molecule has 7 heteroatoms. The first kappa shape index (κ1) is 15.7. The van der Waals surface area contributed by atoms with Crippen LogP contribution in [-0.4, -0.2) is 53.1 Å². The molecule has 0 aromatic heterocycles. The lowest BCUT2D eigenvalue weighted by molar-refractivity contribution is -0.146. The van der Waals surface area contributed by atoms with E-state index in [1.165, 1.54) is 0 Å². The number of amides is 2. The van der Waals surface area contributed by atoms with E-state index in [0.717, 1.165) is 12.8 Å². The average molecular weight is 274 g/mol. The van der Waals surface area contributed by atoms with Gasteiger partial charge in [0.15, 0.2) is 6.10 Å². The number of ether oxygens (including phenoxy) is 1. The second-order valence-electron chi connectivity index (χ2n) is 5.34. The Hall–Kier alpha value is -1.34. The zero-order chi connectivity index (χ0) is 14.5. The van der Waals surface area contributed by atoms with Crippen LogP contribution in [0.2, 0.25) is 0 Å². The van der Waals surface area contributed by atoms with Gasteiger partial charge in [0.05, 0.1) is 5.60 Å². The highest BCUT2D eigenvalue weighted by molar-refractivity contribution is 5.74. The van der Waals surface area contributed by atoms with Crippen molar-refractivity contribution in [1.82, 2.24) is 10.6 Å². The number of carboxylic acids is 1. The van der Waals surface area contributed by atoms with Crippen LogP contribution in [0.4, 0.5) is 4.79 Å². The van der Waals surface area contributed by atoms with Gasteiger partial charge in [-0.25, -0.2) is 9.59 Å². The molecule has 0 bridgehead atoms. The summed E-state index contributed by atoms with van der Waals surface area (Å²) in [6.45, 7) is 4.67. The summed E-state index contributed by atoms with van der Waals surface area (Å²) in [6.07, 6.45) is 0.0386. The van der Waals surface area contributed by atoms with Gasteiger partial charge in [-0.05, 0) is 26.7 Å². The number of carbonyl (C=O) groups excluding carboxylic acids is 1. The Kier molecular flexibility index (Phi) is 5.56. The van der Waals surface area contributed by atoms with Gasteiger partial charge >= 0.3 is 12.0 Å². The summed E-state index contributed by atoms with van der Waals surface area (Å²) in [6, 6.07) is -0.298. The lowest BCUT2D eigenvalue weighted by Gasteiger charge is -2.35. The fraction of sp³-hybridized carbons (Fsp3) is 0.833. The second kappa shape index (κ2) is 6.72. The average Bonchev–Trinajstić information content (AvgIpc) is 2.27. The van der Waals surface area contributed by atoms with E-state index < -0.39 is 12.1 Å². The summed E-state index contributed by atoms with van der Waals surface area (Å²) in [5.74, 6) is -1.28. The fourth-order valence-corrected chi connectivity index (χ4v) is 2.04. The summed E-state index contributed by atoms with van der Waals surface area (Å²) in [5.41, 5.74) is -0.240. The third-order valence-corrected chi connectivity index (χ3v) is 3.02. The van der Waals surface area contributed by atoms with E-state index in [4.69, 9.17) is 14.9 Å². The molecule has 19 heavy (non-hydrogen) atoms. The van der Waals surface area contributed by atoms with Crippen molar-refractivity contribution in [3.05, 3.63) is 0 Å². The van der Waals surface area contributed by atoms with Crippen molar-refractivity contribution < 1.29 is 24.5 Å². The van der Waals surface area contributed by atoms with Crippen LogP contribution in [0.25, 0.3) is 0 Å². The first-order chi connectivity index (χ1) is 8.80. The zero-order valence-corrected chi connectivity index (χ0v) is 11.3. The molecule has 0 aliphatic carbocycles. The number of hydrogen-bond acceptors (Lipinski definition) is 4. The van der Waals surface area contributed by atoms with Crippen molar-refractivity contribution >= 4 is 12.0 Å². The molecule has 1 heterocycles. The molecule has 0 spiro atoms. The van der Waals surface area contributed by atoms with E-state index in [-0.39, 0.29) is 30.6 Å². The molecule has 1 aliphatic rings. The topological polar surface area (TPSA) is 108 Å². The molecule has 0 aromatic rings. The second-order valence-corrected chi connectivity index (χ2v) is 5.34. The lowest BCUT2D eigenvalue weighted by Crippen LogP contribution is -2.49. The van der Waals surface area contributed by atoms with Gasteiger partial charge < -0.3 is 25.6 Å². The number of nitrogens with one attached hydrogen (secondary N) is 2. The molecule has 7 nitrogen and oxygen atoms in total. The van der Waals surface area contributed by atoms with Gasteiger partial charge in [-0.2, -0.15) is 0 Å². The van der Waals surface area contributed by atoms with Crippen molar-refractivity contribution in [2.24, 2.45) is 0 Å². The van der Waals surface area contributed by atoms with E-state index >= 15 is 0 Å². The van der Waals surface area contributed by atoms with E-state index in [0.29, 0.717) is 6.61 Å². The highest BCUT2D eigenvalue weighted by Gasteiger charge is 2.29. The monoisotopic (exact) mass is 274 g/mol. The molecule has 1 saturated heterocycles. The van der Waals surface area contributed by atoms with Crippen LogP contribution in [0.15, 0.2) is 0 Å². The van der Waals surface area contributed by atoms with E-state index in [1.807, 2.05) is 13.8 Å². The summed E-state index contributed by atoms with van der Waals surface area (Å²) < 4.78 is 5.55. The van der Waals surface area contributed by atoms with Crippen LogP contribution in [0.5, 0.6) is 0 Å².